The van der Waals surface area contributed by atoms with Gasteiger partial charge >= 0.3 is 0 Å². The molecule has 12 heteroatoms. The van der Waals surface area contributed by atoms with E-state index in [9.17, 15) is 23.4 Å². The zero-order valence-corrected chi connectivity index (χ0v) is 17.8. The molecular formula is C20H19Cl2F3N2O5. The number of nitrogens with one attached hydrogen (secondary N) is 1. The van der Waals surface area contributed by atoms with E-state index in [-0.39, 0.29) is 22.8 Å². The summed E-state index contributed by atoms with van der Waals surface area (Å²) in [5, 5.41) is 22.7. The van der Waals surface area contributed by atoms with Gasteiger partial charge in [-0.25, -0.2) is 13.2 Å². The lowest BCUT2D eigenvalue weighted by molar-refractivity contribution is -0.325. The zero-order valence-electron chi connectivity index (χ0n) is 16.3. The van der Waals surface area contributed by atoms with Crippen LogP contribution in [-0.4, -0.2) is 48.2 Å². The van der Waals surface area contributed by atoms with E-state index >= 15 is 0 Å². The summed E-state index contributed by atoms with van der Waals surface area (Å²) in [6.07, 6.45) is -3.29. The van der Waals surface area contributed by atoms with E-state index in [4.69, 9.17) is 43.1 Å². The van der Waals surface area contributed by atoms with Crippen LogP contribution in [0.15, 0.2) is 36.5 Å². The minimum absolute atomic E-state index is 0.0337. The first kappa shape index (κ1) is 24.4. The van der Waals surface area contributed by atoms with Crippen molar-refractivity contribution in [3.8, 4) is 5.75 Å². The van der Waals surface area contributed by atoms with E-state index in [2.05, 4.69) is 5.32 Å². The fraction of sp³-hybridized carbons (Fsp3) is 0.300. The van der Waals surface area contributed by atoms with Crippen molar-refractivity contribution in [1.29, 1.82) is 0 Å². The molecule has 1 saturated heterocycles. The van der Waals surface area contributed by atoms with E-state index in [0.29, 0.717) is 10.8 Å². The average molecular weight is 495 g/mol. The van der Waals surface area contributed by atoms with Crippen LogP contribution in [0, 0.1) is 17.5 Å². The number of halogens is 5. The lowest BCUT2D eigenvalue weighted by Crippen LogP contribution is -2.55. The summed E-state index contributed by atoms with van der Waals surface area (Å²) in [5.74, 6) is -4.07. The van der Waals surface area contributed by atoms with E-state index in [1.807, 2.05) is 0 Å². The maximum absolute atomic E-state index is 13.4. The summed E-state index contributed by atoms with van der Waals surface area (Å²) in [5.41, 5.74) is 5.62. The first-order valence-corrected chi connectivity index (χ1v) is 10.0. The SMILES string of the molecule is N/C(=C\NCC1OC(O)C(CO)OC1Oc1ccc(Cl)c(Cl)c1)c1cc(F)c(F)c(F)c1. The Hall–Kier alpha value is -2.21. The molecule has 0 amide bonds. The number of rotatable bonds is 7. The second kappa shape index (κ2) is 10.6. The minimum atomic E-state index is -1.60. The number of aliphatic hydroxyl groups is 2. The van der Waals surface area contributed by atoms with Gasteiger partial charge in [-0.2, -0.15) is 0 Å². The van der Waals surface area contributed by atoms with Crippen LogP contribution in [0.2, 0.25) is 10.0 Å². The predicted octanol–water partition coefficient (Wildman–Crippen LogP) is 2.76. The normalized spacial score (nSPS) is 23.8. The van der Waals surface area contributed by atoms with Crippen LogP contribution in [0.5, 0.6) is 5.75 Å². The number of hydrogen-bond donors (Lipinski definition) is 4. The number of hydrogen-bond acceptors (Lipinski definition) is 7. The highest BCUT2D eigenvalue weighted by Gasteiger charge is 2.39. The van der Waals surface area contributed by atoms with Gasteiger partial charge in [-0.05, 0) is 24.3 Å². The van der Waals surface area contributed by atoms with Crippen molar-refractivity contribution >= 4 is 28.9 Å². The molecule has 0 saturated carbocycles. The van der Waals surface area contributed by atoms with Gasteiger partial charge in [0.15, 0.2) is 23.7 Å². The fourth-order valence-corrected chi connectivity index (χ4v) is 3.10. The Kier molecular flexibility index (Phi) is 8.10. The molecule has 1 aliphatic heterocycles. The lowest BCUT2D eigenvalue weighted by Gasteiger charge is -2.38. The van der Waals surface area contributed by atoms with Crippen molar-refractivity contribution in [2.75, 3.05) is 13.2 Å². The Morgan fingerprint density at radius 3 is 2.41 bits per heavy atom. The Labute approximate surface area is 191 Å². The summed E-state index contributed by atoms with van der Waals surface area (Å²) in [6, 6.07) is 6.00. The molecule has 4 atom stereocenters. The van der Waals surface area contributed by atoms with Gasteiger partial charge in [0.2, 0.25) is 6.29 Å². The summed E-state index contributed by atoms with van der Waals surface area (Å²) >= 11 is 11.9. The number of benzene rings is 2. The van der Waals surface area contributed by atoms with Crippen molar-refractivity contribution in [2.24, 2.45) is 5.73 Å². The van der Waals surface area contributed by atoms with E-state index in [1.54, 1.807) is 0 Å². The molecule has 0 bridgehead atoms. The molecule has 1 fully saturated rings. The molecule has 1 aliphatic rings. The zero-order chi connectivity index (χ0) is 23.4. The number of aliphatic hydroxyl groups excluding tert-OH is 2. The van der Waals surface area contributed by atoms with Crippen molar-refractivity contribution in [2.45, 2.75) is 24.8 Å². The maximum Gasteiger partial charge on any atom is 0.228 e. The molecule has 2 aromatic rings. The van der Waals surface area contributed by atoms with Crippen LogP contribution in [0.1, 0.15) is 5.56 Å². The quantitative estimate of drug-likeness (QED) is 0.438. The van der Waals surface area contributed by atoms with Gasteiger partial charge in [-0.1, -0.05) is 23.2 Å². The monoisotopic (exact) mass is 494 g/mol. The van der Waals surface area contributed by atoms with Crippen molar-refractivity contribution in [3.63, 3.8) is 0 Å². The first-order chi connectivity index (χ1) is 15.2. The van der Waals surface area contributed by atoms with Gasteiger partial charge < -0.3 is 35.5 Å². The second-order valence-electron chi connectivity index (χ2n) is 6.75. The van der Waals surface area contributed by atoms with Gasteiger partial charge in [-0.15, -0.1) is 0 Å². The van der Waals surface area contributed by atoms with Crippen LogP contribution >= 0.6 is 23.2 Å². The summed E-state index contributed by atoms with van der Waals surface area (Å²) < 4.78 is 56.7. The Bertz CT molecular complexity index is 975. The summed E-state index contributed by atoms with van der Waals surface area (Å²) in [7, 11) is 0. The largest absolute Gasteiger partial charge is 0.462 e. The predicted molar refractivity (Wildman–Crippen MR) is 110 cm³/mol. The highest BCUT2D eigenvalue weighted by atomic mass is 35.5. The van der Waals surface area contributed by atoms with Crippen molar-refractivity contribution in [1.82, 2.24) is 5.32 Å². The molecule has 32 heavy (non-hydrogen) atoms. The molecule has 3 rings (SSSR count). The molecule has 1 heterocycles. The molecule has 0 spiro atoms. The molecule has 4 unspecified atom stereocenters. The fourth-order valence-electron chi connectivity index (χ4n) is 2.81. The second-order valence-corrected chi connectivity index (χ2v) is 7.56. The van der Waals surface area contributed by atoms with E-state index in [1.165, 1.54) is 24.4 Å². The molecule has 7 nitrogen and oxygen atoms in total. The highest BCUT2D eigenvalue weighted by Crippen LogP contribution is 2.29. The van der Waals surface area contributed by atoms with Gasteiger partial charge in [0.05, 0.1) is 22.3 Å². The smallest absolute Gasteiger partial charge is 0.228 e. The highest BCUT2D eigenvalue weighted by molar-refractivity contribution is 6.42. The number of nitrogens with two attached hydrogens (primary N) is 1. The van der Waals surface area contributed by atoms with Crippen LogP contribution in [0.4, 0.5) is 13.2 Å². The molecule has 0 radical (unpaired) electrons. The summed E-state index contributed by atoms with van der Waals surface area (Å²) in [4.78, 5) is 0. The van der Waals surface area contributed by atoms with Crippen LogP contribution < -0.4 is 15.8 Å². The van der Waals surface area contributed by atoms with Gasteiger partial charge in [0, 0.05) is 24.4 Å². The van der Waals surface area contributed by atoms with Crippen molar-refractivity contribution < 1.29 is 37.6 Å². The van der Waals surface area contributed by atoms with E-state index < -0.39 is 48.8 Å². The maximum atomic E-state index is 13.4. The van der Waals surface area contributed by atoms with Crippen molar-refractivity contribution in [3.05, 3.63) is 69.6 Å². The minimum Gasteiger partial charge on any atom is -0.462 e. The average Bonchev–Trinajstić information content (AvgIpc) is 2.75. The third kappa shape index (κ3) is 5.77. The van der Waals surface area contributed by atoms with E-state index in [0.717, 1.165) is 12.1 Å². The topological polar surface area (TPSA) is 106 Å². The lowest BCUT2D eigenvalue weighted by atomic mass is 10.1. The molecule has 2 aromatic carbocycles. The molecule has 0 aromatic heterocycles. The molecule has 0 aliphatic carbocycles. The Balaban J connectivity index is 1.71. The van der Waals surface area contributed by atoms with Gasteiger partial charge in [0.1, 0.15) is 18.0 Å². The molecule has 174 valence electrons. The standard InChI is InChI=1S/C20H19Cl2F3N2O5/c21-11-2-1-10(5-12(11)22)30-20-16(31-19(29)17(8-28)32-20)7-27-6-15(26)9-3-13(23)18(25)14(24)4-9/h1-6,16-17,19-20,27-29H,7-8,26H2/b15-6-. The van der Waals surface area contributed by atoms with Crippen LogP contribution in [0.3, 0.4) is 0 Å². The van der Waals surface area contributed by atoms with Gasteiger partial charge in [0.25, 0.3) is 0 Å². The summed E-state index contributed by atoms with van der Waals surface area (Å²) in [6.45, 7) is -0.564. The Morgan fingerprint density at radius 2 is 1.78 bits per heavy atom. The van der Waals surface area contributed by atoms with Gasteiger partial charge in [-0.3, -0.25) is 0 Å². The van der Waals surface area contributed by atoms with Crippen LogP contribution in [-0.2, 0) is 9.47 Å². The third-order valence-electron chi connectivity index (χ3n) is 4.46. The third-order valence-corrected chi connectivity index (χ3v) is 5.20. The molecule has 5 N–H and O–H groups in total. The van der Waals surface area contributed by atoms with Crippen LogP contribution in [0.25, 0.3) is 5.70 Å². The number of ether oxygens (including phenoxy) is 3. The molecular weight excluding hydrogens is 476 g/mol. The first-order valence-electron chi connectivity index (χ1n) is 9.25. The Morgan fingerprint density at radius 1 is 1.09 bits per heavy atom.